The summed E-state index contributed by atoms with van der Waals surface area (Å²) in [6.07, 6.45) is 0. The lowest BCUT2D eigenvalue weighted by molar-refractivity contribution is 0.0519. The molecule has 0 heterocycles. The maximum absolute atomic E-state index is 15.7. The van der Waals surface area contributed by atoms with E-state index in [-0.39, 0.29) is 37.0 Å². The van der Waals surface area contributed by atoms with Gasteiger partial charge in [-0.1, -0.05) is 93.5 Å². The standard InChI is InChI=1S/C44H30F5O5P/c1-50-26-51-44-30(36-39(45)41(47)43(49)42(48)40(36)46)24-25-35(55-34-23-12-11-20-31(34)52-27-14-5-2-6-15-27)38(44)37-32(53-28-16-7-3-8-17-28)21-13-22-33(37)54-29-18-9-4-10-19-29/h2-25,55H,26H2,1H3. The van der Waals surface area contributed by atoms with Gasteiger partial charge in [0.25, 0.3) is 0 Å². The molecular weight excluding hydrogens is 734 g/mol. The Morgan fingerprint density at radius 1 is 0.418 bits per heavy atom. The second kappa shape index (κ2) is 16.8. The summed E-state index contributed by atoms with van der Waals surface area (Å²) in [5.74, 6) is -8.34. The van der Waals surface area contributed by atoms with E-state index in [0.29, 0.717) is 28.3 Å². The molecule has 0 aromatic heterocycles. The summed E-state index contributed by atoms with van der Waals surface area (Å²) < 4.78 is 106. The van der Waals surface area contributed by atoms with Crippen LogP contribution in [0.25, 0.3) is 22.3 Å². The van der Waals surface area contributed by atoms with Gasteiger partial charge in [0.2, 0.25) is 5.82 Å². The molecule has 0 spiro atoms. The Bertz CT molecular complexity index is 2340. The fourth-order valence-corrected chi connectivity index (χ4v) is 7.08. The highest BCUT2D eigenvalue weighted by molar-refractivity contribution is 7.56. The van der Waals surface area contributed by atoms with Crippen LogP contribution in [0.3, 0.4) is 0 Å². The molecule has 0 N–H and O–H groups in total. The summed E-state index contributed by atoms with van der Waals surface area (Å²) in [4.78, 5) is 0. The van der Waals surface area contributed by atoms with Crippen LogP contribution in [0.4, 0.5) is 22.0 Å². The molecule has 0 radical (unpaired) electrons. The van der Waals surface area contributed by atoms with Gasteiger partial charge in [0.05, 0.1) is 11.1 Å². The third kappa shape index (κ3) is 8.01. The average Bonchev–Trinajstić information content (AvgIpc) is 3.21. The number of rotatable bonds is 13. The van der Waals surface area contributed by atoms with Crippen molar-refractivity contribution in [3.05, 3.63) is 175 Å². The predicted octanol–water partition coefficient (Wildman–Crippen LogP) is 11.7. The first-order valence-electron chi connectivity index (χ1n) is 16.8. The van der Waals surface area contributed by atoms with Gasteiger partial charge in [0, 0.05) is 23.5 Å². The maximum atomic E-state index is 15.7. The largest absolute Gasteiger partial charge is 0.466 e. The Morgan fingerprint density at radius 3 is 1.40 bits per heavy atom. The monoisotopic (exact) mass is 764 g/mol. The lowest BCUT2D eigenvalue weighted by atomic mass is 9.94. The van der Waals surface area contributed by atoms with Crippen LogP contribution in [0.2, 0.25) is 0 Å². The Kier molecular flexibility index (Phi) is 11.4. The highest BCUT2D eigenvalue weighted by Gasteiger charge is 2.32. The van der Waals surface area contributed by atoms with Gasteiger partial charge in [-0.25, -0.2) is 22.0 Å². The first kappa shape index (κ1) is 37.1. The second-order valence-corrected chi connectivity index (χ2v) is 13.2. The van der Waals surface area contributed by atoms with Crippen LogP contribution in [-0.2, 0) is 4.74 Å². The highest BCUT2D eigenvalue weighted by Crippen LogP contribution is 2.50. The number of benzene rings is 7. The Labute approximate surface area is 315 Å². The quantitative estimate of drug-likeness (QED) is 0.0385. The van der Waals surface area contributed by atoms with Gasteiger partial charge in [0.1, 0.15) is 40.2 Å². The summed E-state index contributed by atoms with van der Waals surface area (Å²) in [5, 5.41) is 1.24. The van der Waals surface area contributed by atoms with Crippen LogP contribution in [0.1, 0.15) is 0 Å². The Balaban J connectivity index is 1.54. The molecule has 5 nitrogen and oxygen atoms in total. The van der Waals surface area contributed by atoms with Gasteiger partial charge in [0.15, 0.2) is 30.1 Å². The van der Waals surface area contributed by atoms with E-state index >= 15 is 8.78 Å². The number of hydrogen-bond acceptors (Lipinski definition) is 5. The molecule has 1 atom stereocenters. The molecule has 7 aromatic rings. The third-order valence-corrected chi connectivity index (χ3v) is 9.63. The minimum absolute atomic E-state index is 0.184. The molecule has 0 fully saturated rings. The molecule has 276 valence electrons. The first-order chi connectivity index (χ1) is 26.8. The van der Waals surface area contributed by atoms with Crippen molar-refractivity contribution >= 4 is 19.2 Å². The normalized spacial score (nSPS) is 11.2. The molecule has 0 bridgehead atoms. The zero-order valence-electron chi connectivity index (χ0n) is 29.0. The number of para-hydroxylation sites is 4. The first-order valence-corrected chi connectivity index (χ1v) is 17.8. The van der Waals surface area contributed by atoms with Gasteiger partial charge < -0.3 is 23.7 Å². The topological polar surface area (TPSA) is 46.2 Å². The van der Waals surface area contributed by atoms with E-state index in [1.807, 2.05) is 60.7 Å². The molecule has 1 unspecified atom stereocenters. The van der Waals surface area contributed by atoms with E-state index < -0.39 is 47.0 Å². The minimum Gasteiger partial charge on any atom is -0.466 e. The van der Waals surface area contributed by atoms with Crippen molar-refractivity contribution in [2.24, 2.45) is 0 Å². The van der Waals surface area contributed by atoms with Crippen molar-refractivity contribution in [1.29, 1.82) is 0 Å². The predicted molar refractivity (Wildman–Crippen MR) is 203 cm³/mol. The van der Waals surface area contributed by atoms with Crippen LogP contribution in [-0.4, -0.2) is 13.9 Å². The van der Waals surface area contributed by atoms with E-state index in [0.717, 1.165) is 5.30 Å². The lowest BCUT2D eigenvalue weighted by Crippen LogP contribution is -2.14. The van der Waals surface area contributed by atoms with E-state index in [9.17, 15) is 13.2 Å². The van der Waals surface area contributed by atoms with E-state index in [1.165, 1.54) is 13.2 Å². The van der Waals surface area contributed by atoms with E-state index in [2.05, 4.69) is 0 Å². The van der Waals surface area contributed by atoms with Crippen molar-refractivity contribution in [1.82, 2.24) is 0 Å². The van der Waals surface area contributed by atoms with Gasteiger partial charge >= 0.3 is 0 Å². The van der Waals surface area contributed by atoms with Crippen molar-refractivity contribution in [3.63, 3.8) is 0 Å². The van der Waals surface area contributed by atoms with Crippen LogP contribution in [0, 0.1) is 29.1 Å². The molecule has 0 saturated heterocycles. The summed E-state index contributed by atoms with van der Waals surface area (Å²) in [7, 11) is 1.10. The molecule has 0 aliphatic carbocycles. The Hall–Kier alpha value is -6.22. The number of hydrogen-bond donors (Lipinski definition) is 0. The number of methoxy groups -OCH3 is 1. The van der Waals surface area contributed by atoms with Gasteiger partial charge in [-0.2, -0.15) is 0 Å². The zero-order chi connectivity index (χ0) is 38.3. The Morgan fingerprint density at radius 2 is 0.873 bits per heavy atom. The summed E-state index contributed by atoms with van der Waals surface area (Å²) in [6.45, 7) is -0.466. The smallest absolute Gasteiger partial charge is 0.200 e. The van der Waals surface area contributed by atoms with Crippen LogP contribution in [0.15, 0.2) is 146 Å². The SMILES string of the molecule is COCOc1c(-c2c(F)c(F)c(F)c(F)c2F)ccc(Pc2ccccc2Oc2ccccc2)c1-c1c(Oc2ccccc2)cccc1Oc1ccccc1. The van der Waals surface area contributed by atoms with Gasteiger partial charge in [-0.05, 0) is 66.0 Å². The molecule has 55 heavy (non-hydrogen) atoms. The molecule has 0 amide bonds. The van der Waals surface area contributed by atoms with Crippen LogP contribution >= 0.6 is 8.58 Å². The fourth-order valence-electron chi connectivity index (χ4n) is 5.82. The summed E-state index contributed by atoms with van der Waals surface area (Å²) in [5.41, 5.74) is -1.17. The van der Waals surface area contributed by atoms with Gasteiger partial charge in [-0.3, -0.25) is 0 Å². The fraction of sp³-hybridized carbons (Fsp3) is 0.0455. The maximum Gasteiger partial charge on any atom is 0.200 e. The third-order valence-electron chi connectivity index (χ3n) is 8.27. The average molecular weight is 765 g/mol. The lowest BCUT2D eigenvalue weighted by Gasteiger charge is -2.24. The zero-order valence-corrected chi connectivity index (χ0v) is 30.0. The molecule has 11 heteroatoms. The molecular formula is C44H30F5O5P. The van der Waals surface area contributed by atoms with Crippen LogP contribution in [0.5, 0.6) is 40.2 Å². The molecule has 7 aromatic carbocycles. The number of halogens is 5. The number of ether oxygens (including phenoxy) is 5. The van der Waals surface area contributed by atoms with E-state index in [4.69, 9.17) is 23.7 Å². The summed E-state index contributed by atoms with van der Waals surface area (Å²) >= 11 is 0. The van der Waals surface area contributed by atoms with Crippen molar-refractivity contribution in [3.8, 4) is 62.5 Å². The van der Waals surface area contributed by atoms with Gasteiger partial charge in [-0.15, -0.1) is 0 Å². The van der Waals surface area contributed by atoms with Crippen molar-refractivity contribution in [2.45, 2.75) is 0 Å². The molecule has 0 aliphatic rings. The molecule has 0 aliphatic heterocycles. The summed E-state index contributed by atoms with van der Waals surface area (Å²) in [6, 6.07) is 42.1. The highest BCUT2D eigenvalue weighted by atomic mass is 31.1. The second-order valence-electron chi connectivity index (χ2n) is 11.9. The molecule has 7 rings (SSSR count). The molecule has 0 saturated carbocycles. The van der Waals surface area contributed by atoms with Crippen molar-refractivity contribution in [2.75, 3.05) is 13.9 Å². The minimum atomic E-state index is -2.29. The van der Waals surface area contributed by atoms with Crippen LogP contribution < -0.4 is 29.6 Å². The van der Waals surface area contributed by atoms with Crippen molar-refractivity contribution < 1.29 is 45.6 Å². The van der Waals surface area contributed by atoms with E-state index in [1.54, 1.807) is 78.9 Å².